The zero-order valence-corrected chi connectivity index (χ0v) is 10.8. The lowest BCUT2D eigenvalue weighted by molar-refractivity contribution is -0.132. The second-order valence-corrected chi connectivity index (χ2v) is 5.86. The first kappa shape index (κ1) is 13.3. The van der Waals surface area contributed by atoms with Crippen molar-refractivity contribution in [1.82, 2.24) is 8.96 Å². The number of amides is 1. The Morgan fingerprint density at radius 2 is 2.21 bits per heavy atom. The summed E-state index contributed by atoms with van der Waals surface area (Å²) in [5.74, 6) is -1.20. The number of fused-ring (bicyclic) bond motifs is 1. The minimum absolute atomic E-state index is 0.134. The number of nitrogens with one attached hydrogen (secondary N) is 1. The van der Waals surface area contributed by atoms with Gasteiger partial charge in [0, 0.05) is 5.57 Å². The number of rotatable bonds is 4. The molecule has 8 nitrogen and oxygen atoms in total. The third-order valence-electron chi connectivity index (χ3n) is 2.70. The van der Waals surface area contributed by atoms with E-state index in [1.807, 2.05) is 0 Å². The van der Waals surface area contributed by atoms with Crippen molar-refractivity contribution < 1.29 is 23.1 Å². The van der Waals surface area contributed by atoms with E-state index < -0.39 is 16.0 Å². The van der Waals surface area contributed by atoms with Crippen LogP contribution in [0.25, 0.3) is 6.08 Å². The second kappa shape index (κ2) is 4.50. The standard InChI is InChI=1S/C10H11N3O5S/c1-19(17,18)13-8-3-2-6(9(15)16)4-7(8)12-10(13)11-5-14/h4-5H,2-3H2,1H3,(H,15,16)(H,11,12,14). The van der Waals surface area contributed by atoms with Crippen LogP contribution in [0.3, 0.4) is 0 Å². The average molecular weight is 285 g/mol. The van der Waals surface area contributed by atoms with Crippen LogP contribution in [0, 0.1) is 0 Å². The van der Waals surface area contributed by atoms with Crippen molar-refractivity contribution in [1.29, 1.82) is 0 Å². The summed E-state index contributed by atoms with van der Waals surface area (Å²) in [6.45, 7) is 0. The van der Waals surface area contributed by atoms with Crippen LogP contribution in [0.2, 0.25) is 0 Å². The molecule has 1 aliphatic carbocycles. The van der Waals surface area contributed by atoms with E-state index in [1.165, 1.54) is 6.08 Å². The van der Waals surface area contributed by atoms with Crippen molar-refractivity contribution >= 4 is 34.4 Å². The van der Waals surface area contributed by atoms with Gasteiger partial charge in [-0.1, -0.05) is 0 Å². The lowest BCUT2D eigenvalue weighted by Crippen LogP contribution is -2.18. The van der Waals surface area contributed by atoms with E-state index in [4.69, 9.17) is 5.11 Å². The molecule has 0 unspecified atom stereocenters. The Balaban J connectivity index is 2.64. The third kappa shape index (κ3) is 2.36. The number of anilines is 1. The van der Waals surface area contributed by atoms with Gasteiger partial charge in [-0.25, -0.2) is 22.2 Å². The monoisotopic (exact) mass is 285 g/mol. The molecule has 0 atom stereocenters. The van der Waals surface area contributed by atoms with Crippen LogP contribution in [0.1, 0.15) is 17.8 Å². The number of carbonyl (C=O) groups is 2. The number of carboxylic acids is 1. The highest BCUT2D eigenvalue weighted by molar-refractivity contribution is 7.89. The van der Waals surface area contributed by atoms with E-state index in [9.17, 15) is 18.0 Å². The molecule has 0 spiro atoms. The van der Waals surface area contributed by atoms with Gasteiger partial charge in [0.15, 0.2) is 0 Å². The molecular weight excluding hydrogens is 274 g/mol. The lowest BCUT2D eigenvalue weighted by Gasteiger charge is -2.12. The summed E-state index contributed by atoms with van der Waals surface area (Å²) >= 11 is 0. The molecule has 2 N–H and O–H groups in total. The van der Waals surface area contributed by atoms with Gasteiger partial charge in [0.1, 0.15) is 0 Å². The fourth-order valence-electron chi connectivity index (χ4n) is 1.96. The summed E-state index contributed by atoms with van der Waals surface area (Å²) in [4.78, 5) is 25.3. The number of aromatic nitrogens is 2. The lowest BCUT2D eigenvalue weighted by atomic mass is 10.0. The normalized spacial score (nSPS) is 14.5. The highest BCUT2D eigenvalue weighted by Gasteiger charge is 2.26. The first-order valence-corrected chi connectivity index (χ1v) is 7.15. The molecule has 1 aliphatic rings. The number of nitrogens with zero attached hydrogens (tertiary/aromatic N) is 2. The van der Waals surface area contributed by atoms with Gasteiger partial charge >= 0.3 is 5.97 Å². The summed E-state index contributed by atoms with van der Waals surface area (Å²) in [5, 5.41) is 11.1. The highest BCUT2D eigenvalue weighted by Crippen LogP contribution is 2.27. The number of aliphatic carboxylic acids is 1. The molecule has 0 radical (unpaired) electrons. The fourth-order valence-corrected chi connectivity index (χ4v) is 2.95. The molecular formula is C10H11N3O5S. The average Bonchev–Trinajstić information content (AvgIpc) is 2.65. The minimum Gasteiger partial charge on any atom is -0.478 e. The van der Waals surface area contributed by atoms with E-state index in [1.54, 1.807) is 0 Å². The van der Waals surface area contributed by atoms with Gasteiger partial charge in [0.05, 0.1) is 17.6 Å². The molecule has 1 heterocycles. The molecule has 0 aliphatic heterocycles. The van der Waals surface area contributed by atoms with Gasteiger partial charge < -0.3 is 5.11 Å². The van der Waals surface area contributed by atoms with Crippen LogP contribution in [0.5, 0.6) is 0 Å². The van der Waals surface area contributed by atoms with Gasteiger partial charge in [-0.05, 0) is 18.9 Å². The van der Waals surface area contributed by atoms with Gasteiger partial charge in [-0.3, -0.25) is 10.1 Å². The van der Waals surface area contributed by atoms with Crippen molar-refractivity contribution in [3.05, 3.63) is 17.0 Å². The van der Waals surface area contributed by atoms with Crippen LogP contribution >= 0.6 is 0 Å². The van der Waals surface area contributed by atoms with Gasteiger partial charge in [0.2, 0.25) is 22.4 Å². The predicted octanol–water partition coefficient (Wildman–Crippen LogP) is -0.327. The molecule has 0 aromatic carbocycles. The molecule has 0 fully saturated rings. The Hall–Kier alpha value is -2.16. The Morgan fingerprint density at radius 3 is 2.74 bits per heavy atom. The number of hydrogen-bond donors (Lipinski definition) is 2. The van der Waals surface area contributed by atoms with E-state index >= 15 is 0 Å². The van der Waals surface area contributed by atoms with Crippen molar-refractivity contribution in [2.24, 2.45) is 0 Å². The molecule has 1 aromatic heterocycles. The number of carbonyl (C=O) groups excluding carboxylic acids is 1. The zero-order valence-electron chi connectivity index (χ0n) is 9.95. The molecule has 0 bridgehead atoms. The second-order valence-electron chi connectivity index (χ2n) is 4.03. The van der Waals surface area contributed by atoms with Crippen LogP contribution in [0.4, 0.5) is 5.95 Å². The number of imidazole rings is 1. The topological polar surface area (TPSA) is 118 Å². The molecule has 102 valence electrons. The number of hydrogen-bond acceptors (Lipinski definition) is 5. The van der Waals surface area contributed by atoms with E-state index in [-0.39, 0.29) is 30.1 Å². The third-order valence-corrected chi connectivity index (χ3v) is 3.75. The molecule has 0 saturated carbocycles. The van der Waals surface area contributed by atoms with Crippen molar-refractivity contribution in [2.45, 2.75) is 12.8 Å². The fraction of sp³-hybridized carbons (Fsp3) is 0.300. The summed E-state index contributed by atoms with van der Waals surface area (Å²) in [5.41, 5.74) is 0.776. The quantitative estimate of drug-likeness (QED) is 0.731. The molecule has 0 saturated heterocycles. The smallest absolute Gasteiger partial charge is 0.331 e. The minimum atomic E-state index is -3.64. The summed E-state index contributed by atoms with van der Waals surface area (Å²) in [6.07, 6.45) is 3.07. The summed E-state index contributed by atoms with van der Waals surface area (Å²) in [7, 11) is -3.64. The molecule has 2 rings (SSSR count). The van der Waals surface area contributed by atoms with Gasteiger partial charge in [-0.2, -0.15) is 0 Å². The van der Waals surface area contributed by atoms with Crippen molar-refractivity contribution in [2.75, 3.05) is 11.6 Å². The largest absolute Gasteiger partial charge is 0.478 e. The molecule has 1 aromatic rings. The van der Waals surface area contributed by atoms with E-state index in [0.717, 1.165) is 10.2 Å². The van der Waals surface area contributed by atoms with Crippen LogP contribution in [-0.4, -0.2) is 41.1 Å². The maximum atomic E-state index is 11.7. The SMILES string of the molecule is CS(=O)(=O)n1c(NC=O)nc2c1CCC(C(=O)O)=C2. The Bertz CT molecular complexity index is 686. The van der Waals surface area contributed by atoms with E-state index in [0.29, 0.717) is 12.1 Å². The predicted molar refractivity (Wildman–Crippen MR) is 66.1 cm³/mol. The Morgan fingerprint density at radius 1 is 1.53 bits per heavy atom. The Labute approximate surface area is 108 Å². The highest BCUT2D eigenvalue weighted by atomic mass is 32.2. The summed E-state index contributed by atoms with van der Waals surface area (Å²) in [6, 6.07) is 0. The van der Waals surface area contributed by atoms with Crippen LogP contribution in [-0.2, 0) is 26.0 Å². The zero-order chi connectivity index (χ0) is 14.2. The Kier molecular flexibility index (Phi) is 3.14. The molecule has 1 amide bonds. The summed E-state index contributed by atoms with van der Waals surface area (Å²) < 4.78 is 24.3. The van der Waals surface area contributed by atoms with Crippen molar-refractivity contribution in [3.8, 4) is 0 Å². The first-order chi connectivity index (χ1) is 8.84. The van der Waals surface area contributed by atoms with Crippen LogP contribution in [0.15, 0.2) is 5.57 Å². The maximum Gasteiger partial charge on any atom is 0.331 e. The maximum absolute atomic E-state index is 11.7. The molecule has 19 heavy (non-hydrogen) atoms. The van der Waals surface area contributed by atoms with Gasteiger partial charge in [-0.15, -0.1) is 0 Å². The van der Waals surface area contributed by atoms with Gasteiger partial charge in [0.25, 0.3) is 0 Å². The van der Waals surface area contributed by atoms with Crippen molar-refractivity contribution in [3.63, 3.8) is 0 Å². The van der Waals surface area contributed by atoms with E-state index in [2.05, 4.69) is 10.3 Å². The number of carboxylic acid groups (broad SMARTS) is 1. The first-order valence-electron chi connectivity index (χ1n) is 5.31. The molecule has 9 heteroatoms. The van der Waals surface area contributed by atoms with Crippen LogP contribution < -0.4 is 5.32 Å².